The molecule has 0 spiro atoms. The summed E-state index contributed by atoms with van der Waals surface area (Å²) in [4.78, 5) is 7.30. The Morgan fingerprint density at radius 2 is 1.69 bits per heavy atom. The number of imidazole rings is 1. The minimum Gasteiger partial charge on any atom is -0.419 e. The van der Waals surface area contributed by atoms with E-state index in [-0.39, 0.29) is 11.7 Å². The lowest BCUT2D eigenvalue weighted by molar-refractivity contribution is 0.213. The number of benzene rings is 2. The first kappa shape index (κ1) is 18.0. The van der Waals surface area contributed by atoms with Crippen LogP contribution in [-0.2, 0) is 13.1 Å². The molecule has 1 aliphatic heterocycles. The minimum atomic E-state index is -0.374. The van der Waals surface area contributed by atoms with E-state index < -0.39 is 0 Å². The highest BCUT2D eigenvalue weighted by Crippen LogP contribution is 2.24. The summed E-state index contributed by atoms with van der Waals surface area (Å²) in [7, 11) is 0. The van der Waals surface area contributed by atoms with E-state index in [1.807, 2.05) is 18.2 Å². The van der Waals surface area contributed by atoms with E-state index in [2.05, 4.69) is 25.7 Å². The molecule has 1 fully saturated rings. The molecule has 2 aromatic carbocycles. The second kappa shape index (κ2) is 7.75. The van der Waals surface area contributed by atoms with E-state index in [1.165, 1.54) is 25.3 Å². The largest absolute Gasteiger partial charge is 0.419 e. The molecule has 0 N–H and O–H groups in total. The van der Waals surface area contributed by atoms with Gasteiger partial charge in [-0.2, -0.15) is 0 Å². The van der Waals surface area contributed by atoms with Crippen molar-refractivity contribution in [3.8, 4) is 11.5 Å². The molecule has 0 unspecified atom stereocenters. The van der Waals surface area contributed by atoms with Gasteiger partial charge in [-0.3, -0.25) is 4.90 Å². The average molecular weight is 391 g/mol. The maximum Gasteiger partial charge on any atom is 0.250 e. The van der Waals surface area contributed by atoms with E-state index in [1.54, 1.807) is 18.2 Å². The number of hydrogen-bond acceptors (Lipinski definition) is 5. The van der Waals surface area contributed by atoms with Gasteiger partial charge in [-0.15, -0.1) is 10.2 Å². The lowest BCUT2D eigenvalue weighted by Gasteiger charge is -2.26. The van der Waals surface area contributed by atoms with Gasteiger partial charge < -0.3 is 8.98 Å². The van der Waals surface area contributed by atoms with Crippen LogP contribution in [0.1, 0.15) is 31.0 Å². The number of piperidine rings is 1. The molecule has 0 bridgehead atoms. The van der Waals surface area contributed by atoms with Gasteiger partial charge in [0.2, 0.25) is 5.89 Å². The van der Waals surface area contributed by atoms with Crippen LogP contribution >= 0.6 is 0 Å². The third-order valence-corrected chi connectivity index (χ3v) is 5.41. The van der Waals surface area contributed by atoms with Crippen molar-refractivity contribution in [2.24, 2.45) is 0 Å². The number of likely N-dealkylation sites (tertiary alicyclic amines) is 1. The normalized spacial score (nSPS) is 15.2. The summed E-state index contributed by atoms with van der Waals surface area (Å²) in [5, 5.41) is 8.21. The summed E-state index contributed by atoms with van der Waals surface area (Å²) in [6.45, 7) is 3.40. The van der Waals surface area contributed by atoms with Crippen LogP contribution in [-0.4, -0.2) is 37.7 Å². The van der Waals surface area contributed by atoms with Gasteiger partial charge in [0.15, 0.2) is 0 Å². The first-order chi connectivity index (χ1) is 14.3. The van der Waals surface area contributed by atoms with Crippen LogP contribution in [0.2, 0.25) is 0 Å². The first-order valence-corrected chi connectivity index (χ1v) is 10.0. The van der Waals surface area contributed by atoms with Crippen LogP contribution in [0.4, 0.5) is 4.39 Å². The molecule has 0 aliphatic carbocycles. The molecule has 29 heavy (non-hydrogen) atoms. The van der Waals surface area contributed by atoms with Crippen molar-refractivity contribution in [3.05, 3.63) is 66.1 Å². The Labute approximate surface area is 168 Å². The van der Waals surface area contributed by atoms with E-state index in [0.717, 1.165) is 36.5 Å². The van der Waals surface area contributed by atoms with Gasteiger partial charge in [0.25, 0.3) is 5.89 Å². The topological polar surface area (TPSA) is 60.0 Å². The van der Waals surface area contributed by atoms with Crippen molar-refractivity contribution in [1.29, 1.82) is 0 Å². The van der Waals surface area contributed by atoms with Crippen molar-refractivity contribution in [1.82, 2.24) is 24.6 Å². The van der Waals surface area contributed by atoms with Crippen molar-refractivity contribution >= 4 is 11.0 Å². The van der Waals surface area contributed by atoms with Gasteiger partial charge >= 0.3 is 0 Å². The third-order valence-electron chi connectivity index (χ3n) is 5.41. The molecule has 0 radical (unpaired) electrons. The molecule has 4 aromatic rings. The average Bonchev–Trinajstić information content (AvgIpc) is 3.35. The number of halogens is 1. The van der Waals surface area contributed by atoms with E-state index >= 15 is 0 Å². The molecule has 5 rings (SSSR count). The van der Waals surface area contributed by atoms with Crippen molar-refractivity contribution in [3.63, 3.8) is 0 Å². The lowest BCUT2D eigenvalue weighted by atomic mass is 10.1. The van der Waals surface area contributed by atoms with Crippen molar-refractivity contribution in [2.75, 3.05) is 13.1 Å². The van der Waals surface area contributed by atoms with Gasteiger partial charge in [-0.1, -0.05) is 30.7 Å². The van der Waals surface area contributed by atoms with Gasteiger partial charge in [0.1, 0.15) is 18.2 Å². The number of nitrogens with zero attached hydrogens (tertiary/aromatic N) is 5. The molecular formula is C22H22FN5O. The van der Waals surface area contributed by atoms with Gasteiger partial charge in [0, 0.05) is 0 Å². The Bertz CT molecular complexity index is 1130. The zero-order valence-electron chi connectivity index (χ0n) is 16.1. The third kappa shape index (κ3) is 3.65. The molecule has 6 nitrogen and oxygen atoms in total. The number of rotatable bonds is 5. The SMILES string of the molecule is Fc1ccccc1-c1nnc(Cn2c(CN3CCCCC3)nc3ccccc32)o1. The summed E-state index contributed by atoms with van der Waals surface area (Å²) in [5.41, 5.74) is 2.30. The van der Waals surface area contributed by atoms with E-state index in [4.69, 9.17) is 9.40 Å². The maximum atomic E-state index is 14.0. The first-order valence-electron chi connectivity index (χ1n) is 10.0. The van der Waals surface area contributed by atoms with Crippen LogP contribution < -0.4 is 0 Å². The molecule has 0 amide bonds. The predicted molar refractivity (Wildman–Crippen MR) is 108 cm³/mol. The second-order valence-electron chi connectivity index (χ2n) is 7.42. The molecule has 0 atom stereocenters. The standard InChI is InChI=1S/C22H22FN5O/c23-17-9-3-2-8-16(17)22-26-25-21(29-22)15-28-19-11-5-4-10-18(19)24-20(28)14-27-12-6-1-7-13-27/h2-5,8-11H,1,6-7,12-15H2. The Hall–Kier alpha value is -3.06. The smallest absolute Gasteiger partial charge is 0.250 e. The Morgan fingerprint density at radius 3 is 2.55 bits per heavy atom. The van der Waals surface area contributed by atoms with E-state index in [0.29, 0.717) is 18.0 Å². The van der Waals surface area contributed by atoms with Crippen LogP contribution in [0.5, 0.6) is 0 Å². The maximum absolute atomic E-state index is 14.0. The quantitative estimate of drug-likeness (QED) is 0.509. The number of para-hydroxylation sites is 2. The highest BCUT2D eigenvalue weighted by atomic mass is 19.1. The van der Waals surface area contributed by atoms with Crippen LogP contribution in [0.15, 0.2) is 52.9 Å². The molecule has 7 heteroatoms. The molecule has 1 saturated heterocycles. The number of aromatic nitrogens is 4. The zero-order valence-corrected chi connectivity index (χ0v) is 16.1. The van der Waals surface area contributed by atoms with Crippen molar-refractivity contribution < 1.29 is 8.81 Å². The fourth-order valence-corrected chi connectivity index (χ4v) is 3.94. The summed E-state index contributed by atoms with van der Waals surface area (Å²) in [6.07, 6.45) is 3.76. The number of fused-ring (bicyclic) bond motifs is 1. The highest BCUT2D eigenvalue weighted by Gasteiger charge is 2.19. The summed E-state index contributed by atoms with van der Waals surface area (Å²) in [5.74, 6) is 1.24. The lowest BCUT2D eigenvalue weighted by Crippen LogP contribution is -2.30. The predicted octanol–water partition coefficient (Wildman–Crippen LogP) is 4.26. The Balaban J connectivity index is 1.47. The second-order valence-corrected chi connectivity index (χ2v) is 7.42. The molecule has 3 heterocycles. The highest BCUT2D eigenvalue weighted by molar-refractivity contribution is 5.76. The molecule has 0 saturated carbocycles. The van der Waals surface area contributed by atoms with Crippen LogP contribution in [0.25, 0.3) is 22.5 Å². The molecular weight excluding hydrogens is 369 g/mol. The van der Waals surface area contributed by atoms with E-state index in [9.17, 15) is 4.39 Å². The van der Waals surface area contributed by atoms with Gasteiger partial charge in [0.05, 0.1) is 23.1 Å². The fourth-order valence-electron chi connectivity index (χ4n) is 3.94. The Kier molecular flexibility index (Phi) is 4.81. The molecule has 148 valence electrons. The van der Waals surface area contributed by atoms with Gasteiger partial charge in [-0.05, 0) is 50.2 Å². The minimum absolute atomic E-state index is 0.195. The summed E-state index contributed by atoms with van der Waals surface area (Å²) < 4.78 is 22.0. The zero-order chi connectivity index (χ0) is 19.6. The monoisotopic (exact) mass is 391 g/mol. The fraction of sp³-hybridized carbons (Fsp3) is 0.318. The van der Waals surface area contributed by atoms with Crippen LogP contribution in [0.3, 0.4) is 0 Å². The van der Waals surface area contributed by atoms with Crippen LogP contribution in [0, 0.1) is 5.82 Å². The van der Waals surface area contributed by atoms with Gasteiger partial charge in [-0.25, -0.2) is 9.37 Å². The summed E-state index contributed by atoms with van der Waals surface area (Å²) in [6, 6.07) is 14.5. The molecule has 2 aromatic heterocycles. The van der Waals surface area contributed by atoms with Crippen molar-refractivity contribution in [2.45, 2.75) is 32.4 Å². The Morgan fingerprint density at radius 1 is 0.897 bits per heavy atom. The molecule has 1 aliphatic rings. The summed E-state index contributed by atoms with van der Waals surface area (Å²) >= 11 is 0. The number of hydrogen-bond donors (Lipinski definition) is 0.